The molecule has 25 heavy (non-hydrogen) atoms. The zero-order chi connectivity index (χ0) is 17.6. The van der Waals surface area contributed by atoms with E-state index in [0.717, 1.165) is 22.7 Å². The van der Waals surface area contributed by atoms with E-state index in [0.29, 0.717) is 16.7 Å². The standard InChI is InChI=1S/C19H18N2O3S/c1-3-24-16-7-5-4-6-13(16)12-17-18(22)21-19(25-17)20-14-8-10-15(23-2)11-9-14/h4-12H,3H2,1-2H3,(H,20,21,22)/b17-12+. The van der Waals surface area contributed by atoms with Crippen molar-refractivity contribution in [3.05, 3.63) is 59.0 Å². The molecule has 0 bridgehead atoms. The van der Waals surface area contributed by atoms with Gasteiger partial charge in [-0.05, 0) is 55.1 Å². The molecule has 128 valence electrons. The summed E-state index contributed by atoms with van der Waals surface area (Å²) in [5.74, 6) is 1.36. The van der Waals surface area contributed by atoms with Crippen molar-refractivity contribution in [3.63, 3.8) is 0 Å². The van der Waals surface area contributed by atoms with Crippen LogP contribution in [0, 0.1) is 0 Å². The van der Waals surface area contributed by atoms with Crippen molar-refractivity contribution in [2.75, 3.05) is 13.7 Å². The number of benzene rings is 2. The Morgan fingerprint density at radius 3 is 2.64 bits per heavy atom. The lowest BCUT2D eigenvalue weighted by molar-refractivity contribution is -0.115. The first-order chi connectivity index (χ1) is 12.2. The number of nitrogens with one attached hydrogen (secondary N) is 1. The predicted molar refractivity (Wildman–Crippen MR) is 101 cm³/mol. The molecule has 1 aliphatic heterocycles. The van der Waals surface area contributed by atoms with Gasteiger partial charge < -0.3 is 14.8 Å². The summed E-state index contributed by atoms with van der Waals surface area (Å²) < 4.78 is 10.7. The average molecular weight is 354 g/mol. The van der Waals surface area contributed by atoms with E-state index in [-0.39, 0.29) is 5.91 Å². The molecular formula is C19H18N2O3S. The molecule has 1 heterocycles. The monoisotopic (exact) mass is 354 g/mol. The van der Waals surface area contributed by atoms with E-state index in [9.17, 15) is 4.79 Å². The molecule has 0 atom stereocenters. The largest absolute Gasteiger partial charge is 0.497 e. The first-order valence-electron chi connectivity index (χ1n) is 7.85. The van der Waals surface area contributed by atoms with Gasteiger partial charge in [0.15, 0.2) is 5.17 Å². The van der Waals surface area contributed by atoms with Gasteiger partial charge in [-0.3, -0.25) is 4.79 Å². The van der Waals surface area contributed by atoms with Crippen LogP contribution in [-0.4, -0.2) is 24.8 Å². The number of carbonyl (C=O) groups is 1. The molecule has 1 fully saturated rings. The first-order valence-corrected chi connectivity index (χ1v) is 8.66. The number of amidine groups is 1. The molecule has 1 saturated heterocycles. The Balaban J connectivity index is 1.81. The van der Waals surface area contributed by atoms with E-state index in [2.05, 4.69) is 10.3 Å². The van der Waals surface area contributed by atoms with Gasteiger partial charge in [-0.15, -0.1) is 0 Å². The number of amides is 1. The molecule has 0 aromatic heterocycles. The number of thioether (sulfide) groups is 1. The summed E-state index contributed by atoms with van der Waals surface area (Å²) in [5, 5.41) is 3.34. The normalized spacial score (nSPS) is 17.0. The molecule has 1 aliphatic rings. The van der Waals surface area contributed by atoms with E-state index in [1.165, 1.54) is 11.8 Å². The van der Waals surface area contributed by atoms with Crippen LogP contribution < -0.4 is 14.8 Å². The third kappa shape index (κ3) is 4.22. The van der Waals surface area contributed by atoms with Gasteiger partial charge in [0, 0.05) is 5.56 Å². The highest BCUT2D eigenvalue weighted by molar-refractivity contribution is 8.18. The predicted octanol–water partition coefficient (Wildman–Crippen LogP) is 3.99. The zero-order valence-corrected chi connectivity index (χ0v) is 14.8. The summed E-state index contributed by atoms with van der Waals surface area (Å²) in [6, 6.07) is 15.0. The number of methoxy groups -OCH3 is 1. The average Bonchev–Trinajstić information content (AvgIpc) is 2.97. The fraction of sp³-hybridized carbons (Fsp3) is 0.158. The van der Waals surface area contributed by atoms with Gasteiger partial charge in [-0.2, -0.15) is 0 Å². The summed E-state index contributed by atoms with van der Waals surface area (Å²) in [5.41, 5.74) is 1.62. The Labute approximate surface area is 150 Å². The maximum absolute atomic E-state index is 12.2. The molecule has 1 N–H and O–H groups in total. The number of para-hydroxylation sites is 1. The Kier molecular flexibility index (Phi) is 5.40. The second kappa shape index (κ2) is 7.90. The number of nitrogens with zero attached hydrogens (tertiary/aromatic N) is 1. The zero-order valence-electron chi connectivity index (χ0n) is 14.0. The summed E-state index contributed by atoms with van der Waals surface area (Å²) in [6.07, 6.45) is 1.82. The molecule has 0 spiro atoms. The molecule has 2 aromatic rings. The van der Waals surface area contributed by atoms with E-state index >= 15 is 0 Å². The van der Waals surface area contributed by atoms with E-state index in [4.69, 9.17) is 9.47 Å². The van der Waals surface area contributed by atoms with Gasteiger partial charge in [0.1, 0.15) is 11.5 Å². The SMILES string of the molecule is CCOc1ccccc1/C=C1/SC(=Nc2ccc(OC)cc2)NC1=O. The van der Waals surface area contributed by atoms with E-state index in [1.54, 1.807) is 7.11 Å². The molecule has 6 heteroatoms. The van der Waals surface area contributed by atoms with Crippen LogP contribution in [0.25, 0.3) is 6.08 Å². The van der Waals surface area contributed by atoms with Gasteiger partial charge in [-0.1, -0.05) is 18.2 Å². The molecule has 3 rings (SSSR count). The van der Waals surface area contributed by atoms with Crippen molar-refractivity contribution in [3.8, 4) is 11.5 Å². The van der Waals surface area contributed by atoms with Crippen molar-refractivity contribution in [1.29, 1.82) is 0 Å². The number of carbonyl (C=O) groups excluding carboxylic acids is 1. The van der Waals surface area contributed by atoms with Gasteiger partial charge in [0.05, 0.1) is 24.3 Å². The van der Waals surface area contributed by atoms with Crippen LogP contribution in [0.1, 0.15) is 12.5 Å². The molecule has 5 nitrogen and oxygen atoms in total. The van der Waals surface area contributed by atoms with Crippen LogP contribution in [0.3, 0.4) is 0 Å². The molecule has 1 amide bonds. The number of rotatable bonds is 5. The van der Waals surface area contributed by atoms with Gasteiger partial charge in [-0.25, -0.2) is 4.99 Å². The highest BCUT2D eigenvalue weighted by atomic mass is 32.2. The van der Waals surface area contributed by atoms with E-state index in [1.807, 2.05) is 61.5 Å². The van der Waals surface area contributed by atoms with Crippen molar-refractivity contribution in [1.82, 2.24) is 5.32 Å². The van der Waals surface area contributed by atoms with Crippen molar-refractivity contribution < 1.29 is 14.3 Å². The fourth-order valence-electron chi connectivity index (χ4n) is 2.28. The number of hydrogen-bond donors (Lipinski definition) is 1. The van der Waals surface area contributed by atoms with Crippen molar-refractivity contribution >= 4 is 34.6 Å². The lowest BCUT2D eigenvalue weighted by atomic mass is 10.2. The fourth-order valence-corrected chi connectivity index (χ4v) is 3.12. The lowest BCUT2D eigenvalue weighted by Crippen LogP contribution is -2.19. The van der Waals surface area contributed by atoms with Gasteiger partial charge in [0.25, 0.3) is 5.91 Å². The highest BCUT2D eigenvalue weighted by Gasteiger charge is 2.24. The minimum absolute atomic E-state index is 0.163. The summed E-state index contributed by atoms with van der Waals surface area (Å²) >= 11 is 1.31. The second-order valence-electron chi connectivity index (χ2n) is 5.15. The minimum atomic E-state index is -0.163. The van der Waals surface area contributed by atoms with Crippen molar-refractivity contribution in [2.24, 2.45) is 4.99 Å². The quantitative estimate of drug-likeness (QED) is 0.825. The topological polar surface area (TPSA) is 59.9 Å². The van der Waals surface area contributed by atoms with Crippen LogP contribution in [0.5, 0.6) is 11.5 Å². The van der Waals surface area contributed by atoms with Gasteiger partial charge >= 0.3 is 0 Å². The van der Waals surface area contributed by atoms with Crippen LogP contribution in [-0.2, 0) is 4.79 Å². The molecule has 0 unspecified atom stereocenters. The summed E-state index contributed by atoms with van der Waals surface area (Å²) in [7, 11) is 1.62. The second-order valence-corrected chi connectivity index (χ2v) is 6.18. The third-order valence-corrected chi connectivity index (χ3v) is 4.37. The highest BCUT2D eigenvalue weighted by Crippen LogP contribution is 2.30. The number of aliphatic imine (C=N–C) groups is 1. The van der Waals surface area contributed by atoms with Crippen molar-refractivity contribution in [2.45, 2.75) is 6.92 Å². The smallest absolute Gasteiger partial charge is 0.264 e. The molecule has 0 saturated carbocycles. The molecular weight excluding hydrogens is 336 g/mol. The molecule has 0 aliphatic carbocycles. The summed E-state index contributed by atoms with van der Waals surface area (Å²) in [4.78, 5) is 17.2. The van der Waals surface area contributed by atoms with Crippen LogP contribution in [0.15, 0.2) is 58.4 Å². The Morgan fingerprint density at radius 1 is 1.16 bits per heavy atom. The Bertz CT molecular complexity index is 829. The lowest BCUT2D eigenvalue weighted by Gasteiger charge is -2.06. The van der Waals surface area contributed by atoms with Crippen LogP contribution in [0.2, 0.25) is 0 Å². The summed E-state index contributed by atoms with van der Waals surface area (Å²) in [6.45, 7) is 2.50. The maximum Gasteiger partial charge on any atom is 0.264 e. The first kappa shape index (κ1) is 17.1. The number of ether oxygens (including phenoxy) is 2. The van der Waals surface area contributed by atoms with E-state index < -0.39 is 0 Å². The van der Waals surface area contributed by atoms with Crippen LogP contribution in [0.4, 0.5) is 5.69 Å². The van der Waals surface area contributed by atoms with Crippen LogP contribution >= 0.6 is 11.8 Å². The third-order valence-electron chi connectivity index (χ3n) is 3.46. The molecule has 0 radical (unpaired) electrons. The number of hydrogen-bond acceptors (Lipinski definition) is 5. The Hall–Kier alpha value is -2.73. The molecule has 2 aromatic carbocycles. The maximum atomic E-state index is 12.2. The Morgan fingerprint density at radius 2 is 1.92 bits per heavy atom. The van der Waals surface area contributed by atoms with Gasteiger partial charge in [0.2, 0.25) is 0 Å². The minimum Gasteiger partial charge on any atom is -0.497 e.